The first-order chi connectivity index (χ1) is 12.8. The molecule has 2 aliphatic heterocycles. The highest BCUT2D eigenvalue weighted by molar-refractivity contribution is 5.61. The Hall–Kier alpha value is -1.98. The molecule has 0 radical (unpaired) electrons. The van der Waals surface area contributed by atoms with Gasteiger partial charge < -0.3 is 10.2 Å². The summed E-state index contributed by atoms with van der Waals surface area (Å²) in [6.45, 7) is 10.8. The molecule has 0 saturated carbocycles. The predicted octanol–water partition coefficient (Wildman–Crippen LogP) is 2.71. The first-order valence-electron chi connectivity index (χ1n) is 9.95. The zero-order valence-electron chi connectivity index (χ0n) is 15.9. The maximum atomic E-state index is 5.05. The van der Waals surface area contributed by atoms with Crippen molar-refractivity contribution in [2.24, 2.45) is 0 Å². The fraction of sp³-hybridized carbons (Fsp3) is 0.524. The molecule has 1 fully saturated rings. The molecule has 1 aromatic heterocycles. The van der Waals surface area contributed by atoms with E-state index in [1.165, 1.54) is 23.5 Å². The maximum Gasteiger partial charge on any atom is 0.161 e. The van der Waals surface area contributed by atoms with Crippen LogP contribution in [0.5, 0.6) is 0 Å². The molecule has 0 amide bonds. The Balaban J connectivity index is 1.69. The molecule has 0 unspecified atom stereocenters. The highest BCUT2D eigenvalue weighted by atomic mass is 15.3. The lowest BCUT2D eigenvalue weighted by molar-refractivity contribution is 0.232. The lowest BCUT2D eigenvalue weighted by Gasteiger charge is -2.28. The van der Waals surface area contributed by atoms with Crippen LogP contribution in [0.4, 0.5) is 5.82 Å². The summed E-state index contributed by atoms with van der Waals surface area (Å²) in [5.74, 6) is 2.03. The summed E-state index contributed by atoms with van der Waals surface area (Å²) in [5, 5.41) is 3.47. The number of anilines is 1. The Morgan fingerprint density at radius 1 is 1.15 bits per heavy atom. The van der Waals surface area contributed by atoms with Gasteiger partial charge >= 0.3 is 0 Å². The molecule has 4 rings (SSSR count). The number of nitrogens with zero attached hydrogens (tertiary/aromatic N) is 4. The maximum absolute atomic E-state index is 5.05. The molecule has 2 aromatic rings. The Bertz CT molecular complexity index is 742. The van der Waals surface area contributed by atoms with Gasteiger partial charge in [0.1, 0.15) is 5.82 Å². The molecule has 1 N–H and O–H groups in total. The van der Waals surface area contributed by atoms with E-state index in [4.69, 9.17) is 9.97 Å². The van der Waals surface area contributed by atoms with Crippen LogP contribution in [0.1, 0.15) is 31.5 Å². The van der Waals surface area contributed by atoms with Gasteiger partial charge in [-0.15, -0.1) is 0 Å². The normalized spacial score (nSPS) is 19.8. The van der Waals surface area contributed by atoms with Crippen LogP contribution >= 0.6 is 0 Å². The first kappa shape index (κ1) is 17.4. The number of hydrogen-bond donors (Lipinski definition) is 1. The van der Waals surface area contributed by atoms with Crippen molar-refractivity contribution in [3.05, 3.63) is 41.6 Å². The van der Waals surface area contributed by atoms with Gasteiger partial charge in [-0.1, -0.05) is 44.2 Å². The van der Waals surface area contributed by atoms with Crippen molar-refractivity contribution in [2.45, 2.75) is 39.3 Å². The third-order valence-corrected chi connectivity index (χ3v) is 5.74. The van der Waals surface area contributed by atoms with Crippen LogP contribution in [0.25, 0.3) is 11.4 Å². The largest absolute Gasteiger partial charge is 0.355 e. The summed E-state index contributed by atoms with van der Waals surface area (Å²) in [5.41, 5.74) is 3.62. The Morgan fingerprint density at radius 2 is 1.96 bits per heavy atom. The van der Waals surface area contributed by atoms with Crippen LogP contribution in [0.3, 0.4) is 0 Å². The SMILES string of the molecule is CCN(CC)[C@@H]1CCN(c2nc(-c3ccccc3)nc3c2CCNC3)C1. The number of benzene rings is 1. The van der Waals surface area contributed by atoms with Crippen molar-refractivity contribution >= 4 is 5.82 Å². The molecule has 3 heterocycles. The highest BCUT2D eigenvalue weighted by Gasteiger charge is 2.30. The minimum atomic E-state index is 0.637. The van der Waals surface area contributed by atoms with E-state index in [0.717, 1.165) is 57.1 Å². The third kappa shape index (κ3) is 3.33. The second kappa shape index (κ2) is 7.72. The van der Waals surface area contributed by atoms with Crippen molar-refractivity contribution in [2.75, 3.05) is 37.6 Å². The first-order valence-corrected chi connectivity index (χ1v) is 9.95. The van der Waals surface area contributed by atoms with Crippen molar-refractivity contribution in [3.63, 3.8) is 0 Å². The zero-order chi connectivity index (χ0) is 17.9. The number of likely N-dealkylation sites (N-methyl/N-ethyl adjacent to an activating group) is 1. The van der Waals surface area contributed by atoms with E-state index in [1.807, 2.05) is 6.07 Å². The Kier molecular flexibility index (Phi) is 5.18. The summed E-state index contributed by atoms with van der Waals surface area (Å²) in [7, 11) is 0. The summed E-state index contributed by atoms with van der Waals surface area (Å²) in [4.78, 5) is 15.0. The number of nitrogens with one attached hydrogen (secondary N) is 1. The number of fused-ring (bicyclic) bond motifs is 1. The van der Waals surface area contributed by atoms with Gasteiger partial charge in [-0.3, -0.25) is 4.90 Å². The zero-order valence-corrected chi connectivity index (χ0v) is 15.9. The Morgan fingerprint density at radius 3 is 2.73 bits per heavy atom. The molecule has 1 atom stereocenters. The second-order valence-electron chi connectivity index (χ2n) is 7.20. The lowest BCUT2D eigenvalue weighted by atomic mass is 10.1. The predicted molar refractivity (Wildman–Crippen MR) is 106 cm³/mol. The van der Waals surface area contributed by atoms with E-state index < -0.39 is 0 Å². The van der Waals surface area contributed by atoms with Crippen molar-refractivity contribution in [1.29, 1.82) is 0 Å². The molecule has 2 aliphatic rings. The molecule has 0 aliphatic carbocycles. The van der Waals surface area contributed by atoms with Crippen molar-refractivity contribution in [1.82, 2.24) is 20.2 Å². The fourth-order valence-electron chi connectivity index (χ4n) is 4.29. The highest BCUT2D eigenvalue weighted by Crippen LogP contribution is 2.30. The van der Waals surface area contributed by atoms with Gasteiger partial charge in [0.05, 0.1) is 5.69 Å². The van der Waals surface area contributed by atoms with Gasteiger partial charge in [0.25, 0.3) is 0 Å². The molecule has 0 bridgehead atoms. The number of hydrogen-bond acceptors (Lipinski definition) is 5. The molecule has 1 saturated heterocycles. The van der Waals surface area contributed by atoms with E-state index >= 15 is 0 Å². The molecule has 5 heteroatoms. The third-order valence-electron chi connectivity index (χ3n) is 5.74. The smallest absolute Gasteiger partial charge is 0.161 e. The van der Waals surface area contributed by atoms with E-state index in [2.05, 4.69) is 53.2 Å². The van der Waals surface area contributed by atoms with Crippen LogP contribution in [0.2, 0.25) is 0 Å². The number of aromatic nitrogens is 2. The van der Waals surface area contributed by atoms with Gasteiger partial charge in [0.2, 0.25) is 0 Å². The minimum Gasteiger partial charge on any atom is -0.355 e. The van der Waals surface area contributed by atoms with Crippen LogP contribution < -0.4 is 10.2 Å². The summed E-state index contributed by atoms with van der Waals surface area (Å²) >= 11 is 0. The van der Waals surface area contributed by atoms with Gasteiger partial charge in [-0.2, -0.15) is 0 Å². The number of rotatable bonds is 5. The van der Waals surface area contributed by atoms with Crippen LogP contribution in [0, 0.1) is 0 Å². The topological polar surface area (TPSA) is 44.3 Å². The fourth-order valence-corrected chi connectivity index (χ4v) is 4.29. The van der Waals surface area contributed by atoms with Gasteiger partial charge in [0, 0.05) is 36.8 Å². The second-order valence-corrected chi connectivity index (χ2v) is 7.20. The van der Waals surface area contributed by atoms with E-state index in [0.29, 0.717) is 6.04 Å². The van der Waals surface area contributed by atoms with Crippen LogP contribution in [0.15, 0.2) is 30.3 Å². The molecular formula is C21H29N5. The summed E-state index contributed by atoms with van der Waals surface area (Å²) in [6.07, 6.45) is 2.24. The molecule has 5 nitrogen and oxygen atoms in total. The minimum absolute atomic E-state index is 0.637. The molecule has 138 valence electrons. The molecule has 0 spiro atoms. The van der Waals surface area contributed by atoms with Crippen LogP contribution in [-0.2, 0) is 13.0 Å². The average molecular weight is 351 g/mol. The summed E-state index contributed by atoms with van der Waals surface area (Å²) in [6, 6.07) is 11.0. The molecular weight excluding hydrogens is 322 g/mol. The quantitative estimate of drug-likeness (QED) is 0.897. The van der Waals surface area contributed by atoms with Gasteiger partial charge in [0.15, 0.2) is 5.82 Å². The van der Waals surface area contributed by atoms with Crippen LogP contribution in [-0.4, -0.2) is 53.6 Å². The van der Waals surface area contributed by atoms with Gasteiger partial charge in [-0.25, -0.2) is 9.97 Å². The standard InChI is InChI=1S/C21H29N5/c1-3-25(4-2)17-11-13-26(15-17)21-18-10-12-22-14-19(18)23-20(24-21)16-8-6-5-7-9-16/h5-9,17,22H,3-4,10-15H2,1-2H3/t17-/m1/s1. The van der Waals surface area contributed by atoms with Crippen molar-refractivity contribution in [3.8, 4) is 11.4 Å². The monoisotopic (exact) mass is 351 g/mol. The lowest BCUT2D eigenvalue weighted by Crippen LogP contribution is -2.38. The Labute approximate surface area is 156 Å². The summed E-state index contributed by atoms with van der Waals surface area (Å²) < 4.78 is 0. The van der Waals surface area contributed by atoms with E-state index in [1.54, 1.807) is 0 Å². The average Bonchev–Trinajstić information content (AvgIpc) is 3.18. The molecule has 26 heavy (non-hydrogen) atoms. The van der Waals surface area contributed by atoms with Crippen molar-refractivity contribution < 1.29 is 0 Å². The van der Waals surface area contributed by atoms with E-state index in [-0.39, 0.29) is 0 Å². The van der Waals surface area contributed by atoms with E-state index in [9.17, 15) is 0 Å². The molecule has 1 aromatic carbocycles. The van der Waals surface area contributed by atoms with Gasteiger partial charge in [-0.05, 0) is 32.5 Å².